The van der Waals surface area contributed by atoms with Crippen LogP contribution in [0.2, 0.25) is 0 Å². The topological polar surface area (TPSA) is 64.1 Å². The fourth-order valence-corrected chi connectivity index (χ4v) is 2.34. The van der Waals surface area contributed by atoms with Crippen LogP contribution in [0.3, 0.4) is 0 Å². The second kappa shape index (κ2) is 6.06. The van der Waals surface area contributed by atoms with E-state index in [1.165, 1.54) is 0 Å². The summed E-state index contributed by atoms with van der Waals surface area (Å²) in [6.07, 6.45) is 3.35. The van der Waals surface area contributed by atoms with Gasteiger partial charge < -0.3 is 15.4 Å². The van der Waals surface area contributed by atoms with Gasteiger partial charge in [-0.15, -0.1) is 0 Å². The van der Waals surface area contributed by atoms with Crippen LogP contribution in [0.15, 0.2) is 18.2 Å². The number of aromatic nitrogens is 2. The molecule has 0 bridgehead atoms. The summed E-state index contributed by atoms with van der Waals surface area (Å²) in [4.78, 5) is 4.67. The Hall–Kier alpha value is -1.55. The summed E-state index contributed by atoms with van der Waals surface area (Å²) in [7, 11) is 0. The molecule has 104 valence electrons. The molecular weight excluding hydrogens is 238 g/mol. The van der Waals surface area contributed by atoms with Gasteiger partial charge in [-0.3, -0.25) is 0 Å². The first-order valence-electron chi connectivity index (χ1n) is 7.08. The molecule has 4 nitrogen and oxygen atoms in total. The molecule has 0 radical (unpaired) electrons. The van der Waals surface area contributed by atoms with Crippen LogP contribution in [-0.2, 0) is 13.0 Å². The molecule has 0 fully saturated rings. The van der Waals surface area contributed by atoms with Crippen molar-refractivity contribution in [3.05, 3.63) is 24.0 Å². The Morgan fingerprint density at radius 1 is 1.37 bits per heavy atom. The molecule has 0 saturated heterocycles. The zero-order valence-corrected chi connectivity index (χ0v) is 11.8. The third-order valence-electron chi connectivity index (χ3n) is 3.48. The minimum Gasteiger partial charge on any atom is -0.399 e. The lowest BCUT2D eigenvalue weighted by molar-refractivity contribution is 0.154. The SMILES string of the molecule is CCCc1nc2cc(N)ccc2n1CCC(O)CC. The summed E-state index contributed by atoms with van der Waals surface area (Å²) in [6.45, 7) is 4.97. The normalized spacial score (nSPS) is 13.0. The Morgan fingerprint density at radius 2 is 2.16 bits per heavy atom. The minimum absolute atomic E-state index is 0.235. The number of hydrogen-bond acceptors (Lipinski definition) is 3. The van der Waals surface area contributed by atoms with Crippen molar-refractivity contribution in [3.8, 4) is 0 Å². The summed E-state index contributed by atoms with van der Waals surface area (Å²) in [5, 5.41) is 9.74. The highest BCUT2D eigenvalue weighted by atomic mass is 16.3. The first-order chi connectivity index (χ1) is 9.15. The molecule has 3 N–H and O–H groups in total. The van der Waals surface area contributed by atoms with Crippen LogP contribution in [0.1, 0.15) is 38.9 Å². The molecule has 1 aromatic carbocycles. The largest absolute Gasteiger partial charge is 0.399 e. The number of imidazole rings is 1. The Balaban J connectivity index is 2.34. The number of anilines is 1. The second-order valence-corrected chi connectivity index (χ2v) is 5.03. The maximum absolute atomic E-state index is 9.74. The Bertz CT molecular complexity index is 548. The van der Waals surface area contributed by atoms with Crippen LogP contribution >= 0.6 is 0 Å². The molecule has 1 aromatic heterocycles. The van der Waals surface area contributed by atoms with Gasteiger partial charge in [0.2, 0.25) is 0 Å². The van der Waals surface area contributed by atoms with Crippen molar-refractivity contribution < 1.29 is 5.11 Å². The van der Waals surface area contributed by atoms with Crippen molar-refractivity contribution in [2.75, 3.05) is 5.73 Å². The number of nitrogens with zero attached hydrogens (tertiary/aromatic N) is 2. The standard InChI is InChI=1S/C15H23N3O/c1-3-5-15-17-13-10-11(16)6-7-14(13)18(15)9-8-12(19)4-2/h6-7,10,12,19H,3-5,8-9,16H2,1-2H3. The molecule has 2 aromatic rings. The van der Waals surface area contributed by atoms with Gasteiger partial charge in [0.25, 0.3) is 0 Å². The average molecular weight is 261 g/mol. The number of aliphatic hydroxyl groups is 1. The Labute approximate surface area is 114 Å². The third-order valence-corrected chi connectivity index (χ3v) is 3.48. The van der Waals surface area contributed by atoms with Gasteiger partial charge in [0, 0.05) is 18.7 Å². The fourth-order valence-electron chi connectivity index (χ4n) is 2.34. The van der Waals surface area contributed by atoms with E-state index in [4.69, 9.17) is 5.73 Å². The number of nitrogen functional groups attached to an aromatic ring is 1. The molecular formula is C15H23N3O. The van der Waals surface area contributed by atoms with Crippen molar-refractivity contribution in [3.63, 3.8) is 0 Å². The molecule has 19 heavy (non-hydrogen) atoms. The third kappa shape index (κ3) is 3.07. The van der Waals surface area contributed by atoms with Gasteiger partial charge in [0.15, 0.2) is 0 Å². The van der Waals surface area contributed by atoms with Crippen LogP contribution in [0, 0.1) is 0 Å². The summed E-state index contributed by atoms with van der Waals surface area (Å²) in [5.74, 6) is 1.09. The molecule has 0 aliphatic carbocycles. The molecule has 0 saturated carbocycles. The summed E-state index contributed by atoms with van der Waals surface area (Å²) >= 11 is 0. The van der Waals surface area contributed by atoms with Crippen molar-refractivity contribution in [2.45, 2.75) is 52.2 Å². The van der Waals surface area contributed by atoms with E-state index in [-0.39, 0.29) is 6.10 Å². The highest BCUT2D eigenvalue weighted by molar-refractivity contribution is 5.79. The average Bonchev–Trinajstić information content (AvgIpc) is 2.73. The van der Waals surface area contributed by atoms with E-state index < -0.39 is 0 Å². The molecule has 0 aliphatic rings. The minimum atomic E-state index is -0.235. The molecule has 1 atom stereocenters. The molecule has 2 rings (SSSR count). The molecule has 1 unspecified atom stereocenters. The molecule has 1 heterocycles. The summed E-state index contributed by atoms with van der Waals surface area (Å²) in [6, 6.07) is 5.85. The number of aliphatic hydroxyl groups excluding tert-OH is 1. The van der Waals surface area contributed by atoms with Crippen LogP contribution in [0.4, 0.5) is 5.69 Å². The lowest BCUT2D eigenvalue weighted by Gasteiger charge is -2.11. The van der Waals surface area contributed by atoms with Gasteiger partial charge in [-0.1, -0.05) is 13.8 Å². The van der Waals surface area contributed by atoms with Crippen LogP contribution in [0.25, 0.3) is 11.0 Å². The highest BCUT2D eigenvalue weighted by Crippen LogP contribution is 2.21. The first-order valence-corrected chi connectivity index (χ1v) is 7.08. The first kappa shape index (κ1) is 13.9. The number of rotatable bonds is 6. The van der Waals surface area contributed by atoms with E-state index in [0.717, 1.165) is 54.8 Å². The number of aryl methyl sites for hydroxylation is 2. The molecule has 0 amide bonds. The molecule has 0 aliphatic heterocycles. The van der Waals surface area contributed by atoms with E-state index in [9.17, 15) is 5.11 Å². The predicted octanol–water partition coefficient (Wildman–Crippen LogP) is 2.73. The van der Waals surface area contributed by atoms with E-state index in [0.29, 0.717) is 0 Å². The van der Waals surface area contributed by atoms with Crippen molar-refractivity contribution >= 4 is 16.7 Å². The number of benzene rings is 1. The Morgan fingerprint density at radius 3 is 2.84 bits per heavy atom. The van der Waals surface area contributed by atoms with Crippen LogP contribution in [-0.4, -0.2) is 20.8 Å². The van der Waals surface area contributed by atoms with Crippen molar-refractivity contribution in [1.82, 2.24) is 9.55 Å². The number of fused-ring (bicyclic) bond motifs is 1. The maximum Gasteiger partial charge on any atom is 0.109 e. The lowest BCUT2D eigenvalue weighted by Crippen LogP contribution is -2.11. The van der Waals surface area contributed by atoms with Gasteiger partial charge >= 0.3 is 0 Å². The predicted molar refractivity (Wildman–Crippen MR) is 79.1 cm³/mol. The van der Waals surface area contributed by atoms with Gasteiger partial charge in [-0.05, 0) is 37.5 Å². The fraction of sp³-hybridized carbons (Fsp3) is 0.533. The van der Waals surface area contributed by atoms with Crippen LogP contribution < -0.4 is 5.73 Å². The zero-order chi connectivity index (χ0) is 13.8. The number of hydrogen-bond donors (Lipinski definition) is 2. The highest BCUT2D eigenvalue weighted by Gasteiger charge is 2.11. The summed E-state index contributed by atoms with van der Waals surface area (Å²) in [5.41, 5.74) is 8.62. The second-order valence-electron chi connectivity index (χ2n) is 5.03. The quantitative estimate of drug-likeness (QED) is 0.786. The maximum atomic E-state index is 9.74. The van der Waals surface area contributed by atoms with E-state index >= 15 is 0 Å². The van der Waals surface area contributed by atoms with Crippen molar-refractivity contribution in [2.24, 2.45) is 0 Å². The zero-order valence-electron chi connectivity index (χ0n) is 11.8. The smallest absolute Gasteiger partial charge is 0.109 e. The summed E-state index contributed by atoms with van der Waals surface area (Å²) < 4.78 is 2.22. The van der Waals surface area contributed by atoms with Gasteiger partial charge in [-0.2, -0.15) is 0 Å². The van der Waals surface area contributed by atoms with Gasteiger partial charge in [0.05, 0.1) is 17.1 Å². The molecule has 4 heteroatoms. The molecule has 0 spiro atoms. The van der Waals surface area contributed by atoms with Gasteiger partial charge in [0.1, 0.15) is 5.82 Å². The van der Waals surface area contributed by atoms with Crippen molar-refractivity contribution in [1.29, 1.82) is 0 Å². The number of nitrogens with two attached hydrogens (primary N) is 1. The van der Waals surface area contributed by atoms with E-state index in [2.05, 4.69) is 16.5 Å². The van der Waals surface area contributed by atoms with Gasteiger partial charge in [-0.25, -0.2) is 4.98 Å². The van der Waals surface area contributed by atoms with E-state index in [1.54, 1.807) is 0 Å². The van der Waals surface area contributed by atoms with E-state index in [1.807, 2.05) is 25.1 Å². The monoisotopic (exact) mass is 261 g/mol. The Kier molecular flexibility index (Phi) is 4.43. The van der Waals surface area contributed by atoms with Crippen LogP contribution in [0.5, 0.6) is 0 Å². The lowest BCUT2D eigenvalue weighted by atomic mass is 10.2.